The minimum absolute atomic E-state index is 0.0875. The molecule has 0 rings (SSSR count). The van der Waals surface area contributed by atoms with Crippen molar-refractivity contribution in [2.75, 3.05) is 24.6 Å². The maximum absolute atomic E-state index is 10.5. The highest BCUT2D eigenvalue weighted by atomic mass is 32.2. The molecule has 0 amide bonds. The van der Waals surface area contributed by atoms with Crippen molar-refractivity contribution in [3.63, 3.8) is 0 Å². The van der Waals surface area contributed by atoms with Gasteiger partial charge in [0.15, 0.2) is 0 Å². The molecule has 0 saturated heterocycles. The Morgan fingerprint density at radius 2 is 0.486 bits per heavy atom. The third-order valence-electron chi connectivity index (χ3n) is 6.46. The van der Waals surface area contributed by atoms with E-state index in [1.807, 2.05) is 0 Å². The molecule has 0 unspecified atom stereocenters. The molecule has 0 spiro atoms. The van der Waals surface area contributed by atoms with Crippen LogP contribution in [0, 0.1) is 0 Å². The SMILES string of the molecule is NCCCCCCCCCCCCCCS(=O)(=O)O.NCCCCCCCCCCCCCS(=O)(=O)O. The lowest BCUT2D eigenvalue weighted by molar-refractivity contribution is 0.476. The zero-order valence-corrected chi connectivity index (χ0v) is 25.2. The average Bonchev–Trinajstić information content (AvgIpc) is 2.82. The topological polar surface area (TPSA) is 161 Å². The molecule has 6 N–H and O–H groups in total. The minimum atomic E-state index is -3.75. The Morgan fingerprint density at radius 1 is 0.324 bits per heavy atom. The summed E-state index contributed by atoms with van der Waals surface area (Å²) in [6.45, 7) is 1.63. The van der Waals surface area contributed by atoms with E-state index in [1.54, 1.807) is 0 Å². The molecule has 226 valence electrons. The highest BCUT2D eigenvalue weighted by molar-refractivity contribution is 7.86. The largest absolute Gasteiger partial charge is 0.330 e. The summed E-state index contributed by atoms with van der Waals surface area (Å²) in [5, 5.41) is 0. The second-order valence-electron chi connectivity index (χ2n) is 10.3. The van der Waals surface area contributed by atoms with Crippen LogP contribution in [0.4, 0.5) is 0 Å². The van der Waals surface area contributed by atoms with Crippen LogP contribution in [0.15, 0.2) is 0 Å². The molecule has 37 heavy (non-hydrogen) atoms. The molecule has 0 heterocycles. The van der Waals surface area contributed by atoms with Crippen LogP contribution in [0.3, 0.4) is 0 Å². The van der Waals surface area contributed by atoms with Crippen LogP contribution in [-0.4, -0.2) is 50.5 Å². The molecule has 0 radical (unpaired) electrons. The van der Waals surface area contributed by atoms with E-state index in [1.165, 1.54) is 96.3 Å². The van der Waals surface area contributed by atoms with Gasteiger partial charge in [0.2, 0.25) is 0 Å². The predicted molar refractivity (Wildman–Crippen MR) is 157 cm³/mol. The van der Waals surface area contributed by atoms with Crippen LogP contribution in [0.5, 0.6) is 0 Å². The number of nitrogens with two attached hydrogens (primary N) is 2. The van der Waals surface area contributed by atoms with Crippen molar-refractivity contribution in [2.24, 2.45) is 11.5 Å². The zero-order valence-electron chi connectivity index (χ0n) is 23.6. The summed E-state index contributed by atoms with van der Waals surface area (Å²) < 4.78 is 59.0. The molecule has 0 aliphatic heterocycles. The lowest BCUT2D eigenvalue weighted by Crippen LogP contribution is -2.03. The molecule has 0 aliphatic carbocycles. The Kier molecular flexibility index (Phi) is 30.2. The first kappa shape index (κ1) is 38.9. The van der Waals surface area contributed by atoms with E-state index < -0.39 is 20.2 Å². The summed E-state index contributed by atoms with van der Waals surface area (Å²) in [7, 11) is -7.49. The Bertz CT molecular complexity index is 658. The van der Waals surface area contributed by atoms with E-state index in [2.05, 4.69) is 0 Å². The van der Waals surface area contributed by atoms with E-state index in [0.29, 0.717) is 12.8 Å². The normalized spacial score (nSPS) is 11.9. The van der Waals surface area contributed by atoms with Crippen molar-refractivity contribution < 1.29 is 25.9 Å². The van der Waals surface area contributed by atoms with E-state index in [4.69, 9.17) is 20.6 Å². The van der Waals surface area contributed by atoms with Gasteiger partial charge >= 0.3 is 0 Å². The first-order chi connectivity index (χ1) is 17.6. The van der Waals surface area contributed by atoms with Gasteiger partial charge in [0.05, 0.1) is 11.5 Å². The Balaban J connectivity index is 0. The third-order valence-corrected chi connectivity index (χ3v) is 8.07. The smallest absolute Gasteiger partial charge is 0.264 e. The molecular formula is C27H60N2O6S2. The Hall–Kier alpha value is -0.260. The molecule has 0 atom stereocenters. The lowest BCUT2D eigenvalue weighted by Gasteiger charge is -2.02. The van der Waals surface area contributed by atoms with Gasteiger partial charge in [0.25, 0.3) is 20.2 Å². The van der Waals surface area contributed by atoms with Gasteiger partial charge in [-0.1, -0.05) is 122 Å². The predicted octanol–water partition coefficient (Wildman–Crippen LogP) is 6.64. The second-order valence-corrected chi connectivity index (χ2v) is 13.4. The molecule has 8 nitrogen and oxygen atoms in total. The molecule has 0 saturated carbocycles. The van der Waals surface area contributed by atoms with Gasteiger partial charge in [0, 0.05) is 0 Å². The Morgan fingerprint density at radius 3 is 0.649 bits per heavy atom. The molecule has 0 fully saturated rings. The van der Waals surface area contributed by atoms with Crippen molar-refractivity contribution >= 4 is 20.2 Å². The molecule has 0 aromatic carbocycles. The van der Waals surface area contributed by atoms with Gasteiger partial charge in [-0.25, -0.2) is 0 Å². The van der Waals surface area contributed by atoms with Crippen molar-refractivity contribution in [2.45, 2.75) is 148 Å². The fraction of sp³-hybridized carbons (Fsp3) is 1.00. The quantitative estimate of drug-likeness (QED) is 0.0629. The van der Waals surface area contributed by atoms with Crippen LogP contribution >= 0.6 is 0 Å². The van der Waals surface area contributed by atoms with Gasteiger partial charge < -0.3 is 11.5 Å². The van der Waals surface area contributed by atoms with E-state index in [-0.39, 0.29) is 11.5 Å². The van der Waals surface area contributed by atoms with Gasteiger partial charge in [-0.2, -0.15) is 16.8 Å². The fourth-order valence-electron chi connectivity index (χ4n) is 4.22. The summed E-state index contributed by atoms with van der Waals surface area (Å²) in [6.07, 6.45) is 26.5. The summed E-state index contributed by atoms with van der Waals surface area (Å²) >= 11 is 0. The molecule has 10 heteroatoms. The standard InChI is InChI=1S/C14H31NO3S.C13H29NO3S/c15-13-11-9-7-5-3-1-2-4-6-8-10-12-14-19(16,17)18;14-12-10-8-6-4-2-1-3-5-7-9-11-13-18(15,16)17/h1-15H2,(H,16,17,18);1-14H2,(H,15,16,17). The highest BCUT2D eigenvalue weighted by Crippen LogP contribution is 2.13. The number of hydrogen-bond donors (Lipinski definition) is 4. The van der Waals surface area contributed by atoms with Gasteiger partial charge in [-0.15, -0.1) is 0 Å². The molecule has 0 aromatic heterocycles. The van der Waals surface area contributed by atoms with Crippen LogP contribution in [0.1, 0.15) is 148 Å². The van der Waals surface area contributed by atoms with Crippen molar-refractivity contribution in [1.82, 2.24) is 0 Å². The summed E-state index contributed by atoms with van der Waals surface area (Å²) in [6, 6.07) is 0. The molecule has 0 bridgehead atoms. The van der Waals surface area contributed by atoms with Crippen LogP contribution in [0.2, 0.25) is 0 Å². The minimum Gasteiger partial charge on any atom is -0.330 e. The monoisotopic (exact) mass is 572 g/mol. The summed E-state index contributed by atoms with van der Waals surface area (Å²) in [5.41, 5.74) is 10.9. The first-order valence-electron chi connectivity index (χ1n) is 14.9. The van der Waals surface area contributed by atoms with Crippen LogP contribution in [0.25, 0.3) is 0 Å². The third kappa shape index (κ3) is 43.1. The summed E-state index contributed by atoms with van der Waals surface area (Å²) in [5.74, 6) is -0.177. The van der Waals surface area contributed by atoms with Crippen molar-refractivity contribution in [3.05, 3.63) is 0 Å². The fourth-order valence-corrected chi connectivity index (χ4v) is 5.35. The number of rotatable bonds is 27. The number of hydrogen-bond acceptors (Lipinski definition) is 6. The summed E-state index contributed by atoms with van der Waals surface area (Å²) in [4.78, 5) is 0. The van der Waals surface area contributed by atoms with Crippen LogP contribution in [-0.2, 0) is 20.2 Å². The highest BCUT2D eigenvalue weighted by Gasteiger charge is 2.03. The van der Waals surface area contributed by atoms with Gasteiger partial charge in [-0.05, 0) is 38.8 Å². The maximum atomic E-state index is 10.5. The molecule has 0 aliphatic rings. The van der Waals surface area contributed by atoms with E-state index >= 15 is 0 Å². The maximum Gasteiger partial charge on any atom is 0.264 e. The van der Waals surface area contributed by atoms with Crippen molar-refractivity contribution in [3.8, 4) is 0 Å². The van der Waals surface area contributed by atoms with Gasteiger partial charge in [-0.3, -0.25) is 9.11 Å². The first-order valence-corrected chi connectivity index (χ1v) is 18.1. The lowest BCUT2D eigenvalue weighted by atomic mass is 10.1. The van der Waals surface area contributed by atoms with Crippen LogP contribution < -0.4 is 11.5 Å². The molecular weight excluding hydrogens is 512 g/mol. The van der Waals surface area contributed by atoms with E-state index in [0.717, 1.165) is 51.6 Å². The van der Waals surface area contributed by atoms with E-state index in [9.17, 15) is 16.8 Å². The average molecular weight is 573 g/mol. The zero-order chi connectivity index (χ0) is 28.1. The van der Waals surface area contributed by atoms with Gasteiger partial charge in [0.1, 0.15) is 0 Å². The van der Waals surface area contributed by atoms with Crippen molar-refractivity contribution in [1.29, 1.82) is 0 Å². The Labute approximate surface area is 229 Å². The number of unbranched alkanes of at least 4 members (excludes halogenated alkanes) is 21. The second kappa shape index (κ2) is 28.7. The molecule has 0 aromatic rings.